The number of carbonyl (C=O) groups excluding carboxylic acids is 1. The molecule has 2 amide bonds. The molecule has 0 bridgehead atoms. The minimum atomic E-state index is -3.12. The van der Waals surface area contributed by atoms with E-state index in [-0.39, 0.29) is 41.1 Å². The standard InChI is InChI=1S/C14H26N2O5S2/c1-4-11(2)16(12-5-7-22(18,19)9-12)13(17)15-14(3)6-8-23(20,21)10-14/h11-12H,4-10H2,1-3H3,(H,15,17). The second kappa shape index (κ2) is 6.23. The van der Waals surface area contributed by atoms with Gasteiger partial charge in [0.05, 0.1) is 28.6 Å². The quantitative estimate of drug-likeness (QED) is 0.783. The summed E-state index contributed by atoms with van der Waals surface area (Å²) in [4.78, 5) is 14.3. The monoisotopic (exact) mass is 366 g/mol. The lowest BCUT2D eigenvalue weighted by atomic mass is 10.0. The van der Waals surface area contributed by atoms with Crippen LogP contribution in [0.15, 0.2) is 0 Å². The van der Waals surface area contributed by atoms with Crippen LogP contribution in [0.25, 0.3) is 0 Å². The fourth-order valence-corrected chi connectivity index (χ4v) is 7.15. The Morgan fingerprint density at radius 3 is 2.35 bits per heavy atom. The Bertz CT molecular complexity index is 673. The summed E-state index contributed by atoms with van der Waals surface area (Å²) in [6, 6.07) is -0.799. The van der Waals surface area contributed by atoms with E-state index in [0.29, 0.717) is 19.3 Å². The number of hydrogen-bond donors (Lipinski definition) is 1. The first-order valence-corrected chi connectivity index (χ1v) is 11.6. The highest BCUT2D eigenvalue weighted by molar-refractivity contribution is 7.92. The molecule has 0 aromatic heterocycles. The Balaban J connectivity index is 2.15. The average Bonchev–Trinajstić information content (AvgIpc) is 2.88. The molecule has 9 heteroatoms. The van der Waals surface area contributed by atoms with Gasteiger partial charge in [0.2, 0.25) is 0 Å². The lowest BCUT2D eigenvalue weighted by Crippen LogP contribution is -2.57. The third kappa shape index (κ3) is 4.37. The summed E-state index contributed by atoms with van der Waals surface area (Å²) >= 11 is 0. The van der Waals surface area contributed by atoms with E-state index >= 15 is 0 Å². The summed E-state index contributed by atoms with van der Waals surface area (Å²) in [5.74, 6) is 0.0945. The molecule has 0 aromatic rings. The molecule has 0 aromatic carbocycles. The Kier molecular flexibility index (Phi) is 5.02. The van der Waals surface area contributed by atoms with Gasteiger partial charge in [0.15, 0.2) is 19.7 Å². The zero-order chi connectivity index (χ0) is 17.5. The molecule has 23 heavy (non-hydrogen) atoms. The topological polar surface area (TPSA) is 101 Å². The van der Waals surface area contributed by atoms with Crippen LogP contribution in [0.5, 0.6) is 0 Å². The van der Waals surface area contributed by atoms with Gasteiger partial charge in [-0.3, -0.25) is 0 Å². The molecule has 1 N–H and O–H groups in total. The maximum Gasteiger partial charge on any atom is 0.318 e. The molecule has 0 spiro atoms. The lowest BCUT2D eigenvalue weighted by molar-refractivity contribution is 0.145. The molecule has 0 saturated carbocycles. The molecule has 2 saturated heterocycles. The van der Waals surface area contributed by atoms with Crippen molar-refractivity contribution in [3.63, 3.8) is 0 Å². The minimum Gasteiger partial charge on any atom is -0.332 e. The third-order valence-electron chi connectivity index (χ3n) is 4.81. The van der Waals surface area contributed by atoms with E-state index in [9.17, 15) is 21.6 Å². The second-order valence-electron chi connectivity index (χ2n) is 7.05. The SMILES string of the molecule is CCC(C)N(C(=O)NC1(C)CCS(=O)(=O)C1)C1CCS(=O)(=O)C1. The maximum atomic E-state index is 12.7. The van der Waals surface area contributed by atoms with Crippen molar-refractivity contribution in [2.45, 2.75) is 57.7 Å². The van der Waals surface area contributed by atoms with Gasteiger partial charge in [-0.05, 0) is 33.1 Å². The zero-order valence-corrected chi connectivity index (χ0v) is 15.5. The van der Waals surface area contributed by atoms with Crippen molar-refractivity contribution >= 4 is 25.7 Å². The fourth-order valence-electron chi connectivity index (χ4n) is 3.35. The van der Waals surface area contributed by atoms with Crippen molar-refractivity contribution in [3.05, 3.63) is 0 Å². The summed E-state index contributed by atoms with van der Waals surface area (Å²) in [5.41, 5.74) is -0.779. The Hall–Kier alpha value is -0.830. The molecule has 7 nitrogen and oxygen atoms in total. The molecule has 2 heterocycles. The minimum absolute atomic E-state index is 0.0141. The summed E-state index contributed by atoms with van der Waals surface area (Å²) in [6.07, 6.45) is 1.53. The number of urea groups is 1. The van der Waals surface area contributed by atoms with Crippen molar-refractivity contribution in [1.29, 1.82) is 0 Å². The molecule has 3 unspecified atom stereocenters. The molecule has 134 valence electrons. The predicted molar refractivity (Wildman–Crippen MR) is 88.9 cm³/mol. The largest absolute Gasteiger partial charge is 0.332 e. The van der Waals surface area contributed by atoms with Crippen LogP contribution < -0.4 is 5.32 Å². The van der Waals surface area contributed by atoms with E-state index in [1.165, 1.54) is 0 Å². The van der Waals surface area contributed by atoms with E-state index in [0.717, 1.165) is 0 Å². The third-order valence-corrected chi connectivity index (χ3v) is 8.47. The van der Waals surface area contributed by atoms with Crippen LogP contribution in [0, 0.1) is 0 Å². The van der Waals surface area contributed by atoms with Crippen molar-refractivity contribution in [1.82, 2.24) is 10.2 Å². The summed E-state index contributed by atoms with van der Waals surface area (Å²) in [5, 5.41) is 2.84. The Morgan fingerprint density at radius 1 is 1.26 bits per heavy atom. The molecule has 2 fully saturated rings. The number of nitrogens with one attached hydrogen (secondary N) is 1. The molecular weight excluding hydrogens is 340 g/mol. The van der Waals surface area contributed by atoms with Gasteiger partial charge >= 0.3 is 6.03 Å². The number of hydrogen-bond acceptors (Lipinski definition) is 5. The van der Waals surface area contributed by atoms with Gasteiger partial charge in [0.25, 0.3) is 0 Å². The number of nitrogens with zero attached hydrogens (tertiary/aromatic N) is 1. The fraction of sp³-hybridized carbons (Fsp3) is 0.929. The van der Waals surface area contributed by atoms with E-state index in [1.54, 1.807) is 11.8 Å². The van der Waals surface area contributed by atoms with Gasteiger partial charge in [-0.15, -0.1) is 0 Å². The molecule has 0 radical (unpaired) electrons. The highest BCUT2D eigenvalue weighted by Gasteiger charge is 2.43. The maximum absolute atomic E-state index is 12.7. The van der Waals surface area contributed by atoms with Crippen LogP contribution in [-0.2, 0) is 19.7 Å². The highest BCUT2D eigenvalue weighted by Crippen LogP contribution is 2.26. The van der Waals surface area contributed by atoms with Crippen molar-refractivity contribution in [2.24, 2.45) is 0 Å². The predicted octanol–water partition coefficient (Wildman–Crippen LogP) is 0.561. The molecular formula is C14H26N2O5S2. The lowest BCUT2D eigenvalue weighted by Gasteiger charge is -2.36. The van der Waals surface area contributed by atoms with E-state index in [2.05, 4.69) is 5.32 Å². The van der Waals surface area contributed by atoms with Gasteiger partial charge in [-0.2, -0.15) is 0 Å². The molecule has 3 atom stereocenters. The molecule has 2 aliphatic heterocycles. The van der Waals surface area contributed by atoms with Crippen LogP contribution in [0.1, 0.15) is 40.0 Å². The van der Waals surface area contributed by atoms with Crippen LogP contribution in [0.4, 0.5) is 4.79 Å². The van der Waals surface area contributed by atoms with Gasteiger partial charge in [0, 0.05) is 12.1 Å². The van der Waals surface area contributed by atoms with E-state index in [4.69, 9.17) is 0 Å². The van der Waals surface area contributed by atoms with Gasteiger partial charge < -0.3 is 10.2 Å². The van der Waals surface area contributed by atoms with Gasteiger partial charge in [-0.25, -0.2) is 21.6 Å². The normalized spacial score (nSPS) is 33.3. The molecule has 2 aliphatic rings. The molecule has 2 rings (SSSR count). The number of sulfone groups is 2. The second-order valence-corrected chi connectivity index (χ2v) is 11.5. The summed E-state index contributed by atoms with van der Waals surface area (Å²) in [6.45, 7) is 5.56. The Morgan fingerprint density at radius 2 is 1.91 bits per heavy atom. The highest BCUT2D eigenvalue weighted by atomic mass is 32.2. The van der Waals surface area contributed by atoms with E-state index in [1.807, 2.05) is 13.8 Å². The van der Waals surface area contributed by atoms with Crippen molar-refractivity contribution in [2.75, 3.05) is 23.0 Å². The van der Waals surface area contributed by atoms with E-state index < -0.39 is 25.2 Å². The number of rotatable bonds is 4. The first-order chi connectivity index (χ1) is 10.5. The van der Waals surface area contributed by atoms with Crippen LogP contribution >= 0.6 is 0 Å². The first-order valence-electron chi connectivity index (χ1n) is 7.98. The number of amides is 2. The zero-order valence-electron chi connectivity index (χ0n) is 13.9. The first kappa shape index (κ1) is 18.5. The van der Waals surface area contributed by atoms with Crippen molar-refractivity contribution in [3.8, 4) is 0 Å². The summed E-state index contributed by atoms with van der Waals surface area (Å²) < 4.78 is 46.8. The Labute approximate surface area is 138 Å². The van der Waals surface area contributed by atoms with Gasteiger partial charge in [0.1, 0.15) is 0 Å². The van der Waals surface area contributed by atoms with Gasteiger partial charge in [-0.1, -0.05) is 6.92 Å². The van der Waals surface area contributed by atoms with Crippen LogP contribution in [0.3, 0.4) is 0 Å². The van der Waals surface area contributed by atoms with Crippen LogP contribution in [0.2, 0.25) is 0 Å². The smallest absolute Gasteiger partial charge is 0.318 e. The van der Waals surface area contributed by atoms with Crippen molar-refractivity contribution < 1.29 is 21.6 Å². The van der Waals surface area contributed by atoms with Crippen LogP contribution in [-0.4, -0.2) is 68.4 Å². The number of carbonyl (C=O) groups is 1. The molecule has 0 aliphatic carbocycles. The summed E-state index contributed by atoms with van der Waals surface area (Å²) in [7, 11) is -6.21. The average molecular weight is 367 g/mol.